The van der Waals surface area contributed by atoms with Gasteiger partial charge in [-0.15, -0.1) is 0 Å². The van der Waals surface area contributed by atoms with Crippen molar-refractivity contribution in [3.8, 4) is 0 Å². The van der Waals surface area contributed by atoms with Gasteiger partial charge in [0.15, 0.2) is 0 Å². The fourth-order valence-electron chi connectivity index (χ4n) is 2.01. The van der Waals surface area contributed by atoms with Crippen LogP contribution in [-0.2, 0) is 13.0 Å². The van der Waals surface area contributed by atoms with Crippen LogP contribution in [0.15, 0.2) is 24.3 Å². The number of benzene rings is 1. The van der Waals surface area contributed by atoms with E-state index in [2.05, 4.69) is 41.4 Å². The van der Waals surface area contributed by atoms with Gasteiger partial charge in [-0.1, -0.05) is 72.7 Å². The summed E-state index contributed by atoms with van der Waals surface area (Å²) in [4.78, 5) is 2.51. The minimum Gasteiger partial charge on any atom is -0.314 e. The van der Waals surface area contributed by atoms with E-state index in [1.54, 1.807) is 0 Å². The summed E-state index contributed by atoms with van der Waals surface area (Å²) in [6.07, 6.45) is 1.13. The third kappa shape index (κ3) is 11.8. The molecule has 0 aromatic heterocycles. The van der Waals surface area contributed by atoms with Crippen LogP contribution in [0.2, 0.25) is 0 Å². The average Bonchev–Trinajstić information content (AvgIpc) is 2.62. The van der Waals surface area contributed by atoms with Gasteiger partial charge < -0.3 is 5.32 Å². The summed E-state index contributed by atoms with van der Waals surface area (Å²) in [5.41, 5.74) is 2.87. The van der Waals surface area contributed by atoms with Crippen LogP contribution in [0.3, 0.4) is 0 Å². The molecule has 3 radical (unpaired) electrons. The van der Waals surface area contributed by atoms with Gasteiger partial charge in [-0.25, -0.2) is 0 Å². The maximum Gasteiger partial charge on any atom is 0.0234 e. The second-order valence-electron chi connectivity index (χ2n) is 4.20. The van der Waals surface area contributed by atoms with Crippen LogP contribution in [0, 0.1) is 0 Å². The Morgan fingerprint density at radius 2 is 1.27 bits per heavy atom. The SMILES string of the molecule is CC.CC.CC.CCc1ccc(CN2CCNCC2)cc1.[3HH].[B]. The predicted molar refractivity (Wildman–Crippen MR) is 106 cm³/mol. The van der Waals surface area contributed by atoms with Crippen molar-refractivity contribution in [3.63, 3.8) is 0 Å². The van der Waals surface area contributed by atoms with Crippen LogP contribution >= 0.6 is 0 Å². The molecule has 0 bridgehead atoms. The monoisotopic (exact) mass is 309 g/mol. The third-order valence-corrected chi connectivity index (χ3v) is 3.05. The predicted octanol–water partition coefficient (Wildman–Crippen LogP) is 4.60. The number of hydrogen-bond acceptors (Lipinski definition) is 2. The number of rotatable bonds is 3. The van der Waals surface area contributed by atoms with Gasteiger partial charge >= 0.3 is 0 Å². The first-order valence-electron chi connectivity index (χ1n) is 8.89. The molecule has 1 aromatic rings. The van der Waals surface area contributed by atoms with Crippen molar-refractivity contribution in [1.29, 1.82) is 0 Å². The van der Waals surface area contributed by atoms with Gasteiger partial charge in [-0.05, 0) is 17.5 Å². The molecular formula is C19H40BN2. The molecule has 129 valence electrons. The highest BCUT2D eigenvalue weighted by atomic mass is 15.2. The van der Waals surface area contributed by atoms with E-state index < -0.39 is 0 Å². The van der Waals surface area contributed by atoms with E-state index in [0.29, 0.717) is 0 Å². The van der Waals surface area contributed by atoms with Gasteiger partial charge in [0.25, 0.3) is 0 Å². The van der Waals surface area contributed by atoms with E-state index in [1.165, 1.54) is 24.2 Å². The van der Waals surface area contributed by atoms with Crippen LogP contribution in [0.1, 0.15) is 61.0 Å². The van der Waals surface area contributed by atoms with Crippen LogP contribution in [0.5, 0.6) is 0 Å². The Morgan fingerprint density at radius 3 is 1.68 bits per heavy atom. The number of nitrogens with zero attached hydrogens (tertiary/aromatic N) is 1. The fraction of sp³-hybridized carbons (Fsp3) is 0.684. The van der Waals surface area contributed by atoms with E-state index in [0.717, 1.165) is 26.1 Å². The van der Waals surface area contributed by atoms with E-state index in [9.17, 15) is 0 Å². The number of nitrogens with one attached hydrogen (secondary N) is 1. The lowest BCUT2D eigenvalue weighted by atomic mass is 10.1. The first kappa shape index (κ1) is 26.1. The maximum absolute atomic E-state index is 3.38. The molecule has 0 amide bonds. The van der Waals surface area contributed by atoms with Crippen molar-refractivity contribution in [1.82, 2.24) is 10.2 Å². The Kier molecular flexibility index (Phi) is 24.0. The molecule has 1 saturated heterocycles. The summed E-state index contributed by atoms with van der Waals surface area (Å²) in [7, 11) is 0. The topological polar surface area (TPSA) is 15.3 Å². The normalized spacial score (nSPS) is 13.0. The van der Waals surface area contributed by atoms with Gasteiger partial charge in [0.2, 0.25) is 0 Å². The standard InChI is InChI=1S/C13H20N2.3C2H6.B.H2/c1-2-12-3-5-13(6-4-12)11-15-9-7-14-8-10-15;3*1-2;;/h3-6,14H,2,7-11H2,1H3;3*1-2H3;;1H/i;;;;;1+2. The maximum atomic E-state index is 3.38. The van der Waals surface area contributed by atoms with Gasteiger partial charge in [0.05, 0.1) is 0 Å². The molecule has 1 heterocycles. The van der Waals surface area contributed by atoms with Crippen LogP contribution in [0.25, 0.3) is 0 Å². The Bertz CT molecular complexity index is 299. The lowest BCUT2D eigenvalue weighted by Crippen LogP contribution is -2.42. The van der Waals surface area contributed by atoms with Crippen molar-refractivity contribution in [3.05, 3.63) is 35.4 Å². The zero-order valence-corrected chi connectivity index (χ0v) is 16.1. The fourth-order valence-corrected chi connectivity index (χ4v) is 2.01. The largest absolute Gasteiger partial charge is 0.314 e. The molecule has 0 atom stereocenters. The zero-order chi connectivity index (χ0) is 16.5. The first-order chi connectivity index (χ1) is 10.4. The molecule has 0 aliphatic carbocycles. The van der Waals surface area contributed by atoms with E-state index in [4.69, 9.17) is 0 Å². The summed E-state index contributed by atoms with van der Waals surface area (Å²) < 4.78 is 0. The summed E-state index contributed by atoms with van der Waals surface area (Å²) in [6, 6.07) is 9.02. The number of hydrogen-bond donors (Lipinski definition) is 1. The van der Waals surface area contributed by atoms with Gasteiger partial charge in [-0.3, -0.25) is 4.90 Å². The second kappa shape index (κ2) is 20.2. The Balaban J connectivity index is -0.000000204. The van der Waals surface area contributed by atoms with Crippen LogP contribution in [-0.4, -0.2) is 39.5 Å². The molecule has 2 rings (SSSR count). The molecule has 0 unspecified atom stereocenters. The number of piperazine rings is 1. The van der Waals surface area contributed by atoms with Crippen LogP contribution in [0.4, 0.5) is 0 Å². The summed E-state index contributed by atoms with van der Waals surface area (Å²) in [5.74, 6) is 0. The van der Waals surface area contributed by atoms with Crippen molar-refractivity contribution in [2.75, 3.05) is 26.2 Å². The zero-order valence-electron chi connectivity index (χ0n) is 16.1. The lowest BCUT2D eigenvalue weighted by molar-refractivity contribution is 0.233. The minimum atomic E-state index is 0. The minimum absolute atomic E-state index is 0. The summed E-state index contributed by atoms with van der Waals surface area (Å²) >= 11 is 0. The Hall–Kier alpha value is -0.795. The molecule has 3 heteroatoms. The smallest absolute Gasteiger partial charge is 0.0234 e. The number of aryl methyl sites for hydroxylation is 1. The van der Waals surface area contributed by atoms with E-state index in [1.807, 2.05) is 41.5 Å². The van der Waals surface area contributed by atoms with Crippen molar-refractivity contribution < 1.29 is 1.43 Å². The van der Waals surface area contributed by atoms with Crippen molar-refractivity contribution in [2.45, 2.75) is 61.4 Å². The van der Waals surface area contributed by atoms with Gasteiger partial charge in [-0.2, -0.15) is 0 Å². The molecule has 1 fully saturated rings. The first-order valence-corrected chi connectivity index (χ1v) is 8.89. The molecule has 1 aliphatic rings. The van der Waals surface area contributed by atoms with E-state index in [-0.39, 0.29) is 9.84 Å². The van der Waals surface area contributed by atoms with Gasteiger partial charge in [0.1, 0.15) is 0 Å². The summed E-state index contributed by atoms with van der Waals surface area (Å²) in [5, 5.41) is 3.38. The summed E-state index contributed by atoms with van der Waals surface area (Å²) in [6.45, 7) is 19.9. The molecule has 1 aliphatic heterocycles. The lowest BCUT2D eigenvalue weighted by Gasteiger charge is -2.27. The molecular weight excluding hydrogens is 267 g/mol. The molecule has 2 nitrogen and oxygen atoms in total. The average molecular weight is 309 g/mol. The van der Waals surface area contributed by atoms with Gasteiger partial charge in [0, 0.05) is 42.6 Å². The van der Waals surface area contributed by atoms with E-state index >= 15 is 0 Å². The highest BCUT2D eigenvalue weighted by molar-refractivity contribution is 5.75. The quantitative estimate of drug-likeness (QED) is 0.821. The Labute approximate surface area is 143 Å². The molecule has 22 heavy (non-hydrogen) atoms. The van der Waals surface area contributed by atoms with Crippen molar-refractivity contribution in [2.24, 2.45) is 0 Å². The highest BCUT2D eigenvalue weighted by Crippen LogP contribution is 2.08. The highest BCUT2D eigenvalue weighted by Gasteiger charge is 2.09. The second-order valence-corrected chi connectivity index (χ2v) is 4.20. The Morgan fingerprint density at radius 1 is 0.864 bits per heavy atom. The molecule has 1 aromatic carbocycles. The molecule has 0 spiro atoms. The third-order valence-electron chi connectivity index (χ3n) is 3.05. The molecule has 1 N–H and O–H groups in total. The molecule has 0 saturated carbocycles. The van der Waals surface area contributed by atoms with Crippen LogP contribution < -0.4 is 5.32 Å². The van der Waals surface area contributed by atoms with Crippen molar-refractivity contribution >= 4 is 8.41 Å².